The summed E-state index contributed by atoms with van der Waals surface area (Å²) in [5.74, 6) is 0.0206. The zero-order valence-electron chi connectivity index (χ0n) is 16.0. The van der Waals surface area contributed by atoms with Crippen molar-refractivity contribution < 1.29 is 9.59 Å². The molecule has 1 aromatic carbocycles. The first kappa shape index (κ1) is 20.0. The molecule has 3 amide bonds. The highest BCUT2D eigenvalue weighted by Gasteiger charge is 2.15. The van der Waals surface area contributed by atoms with Gasteiger partial charge in [-0.25, -0.2) is 4.79 Å². The van der Waals surface area contributed by atoms with Gasteiger partial charge in [-0.05, 0) is 37.7 Å². The Morgan fingerprint density at radius 2 is 1.88 bits per heavy atom. The summed E-state index contributed by atoms with van der Waals surface area (Å²) in [5.41, 5.74) is 2.58. The normalized spacial score (nSPS) is 13.7. The minimum atomic E-state index is -0.100. The van der Waals surface area contributed by atoms with Gasteiger partial charge in [0.2, 0.25) is 5.91 Å². The Morgan fingerprint density at radius 1 is 1.12 bits per heavy atom. The third-order valence-corrected chi connectivity index (χ3v) is 4.71. The van der Waals surface area contributed by atoms with Gasteiger partial charge in [0.25, 0.3) is 0 Å². The Hall–Kier alpha value is -2.30. The zero-order valence-corrected chi connectivity index (χ0v) is 16.0. The Balaban J connectivity index is 1.91. The van der Waals surface area contributed by atoms with Gasteiger partial charge in [-0.2, -0.15) is 0 Å². The number of hydrogen-bond donors (Lipinski definition) is 1. The van der Waals surface area contributed by atoms with Crippen LogP contribution in [-0.4, -0.2) is 48.9 Å². The molecule has 5 nitrogen and oxygen atoms in total. The van der Waals surface area contributed by atoms with E-state index in [9.17, 15) is 9.59 Å². The number of carbonyl (C=O) groups is 2. The van der Waals surface area contributed by atoms with Crippen LogP contribution in [0.5, 0.6) is 0 Å². The molecular formula is C21H31N3O2. The lowest BCUT2D eigenvalue weighted by atomic mass is 9.97. The molecule has 0 saturated heterocycles. The van der Waals surface area contributed by atoms with E-state index in [1.54, 1.807) is 19.0 Å². The fourth-order valence-corrected chi connectivity index (χ4v) is 3.08. The summed E-state index contributed by atoms with van der Waals surface area (Å²) in [6.45, 7) is 1.65. The smallest absolute Gasteiger partial charge is 0.317 e. The van der Waals surface area contributed by atoms with Crippen LogP contribution in [0.25, 0.3) is 0 Å². The van der Waals surface area contributed by atoms with Crippen LogP contribution in [-0.2, 0) is 11.3 Å². The number of amides is 3. The second-order valence-corrected chi connectivity index (χ2v) is 7.04. The molecule has 0 aromatic heterocycles. The first-order valence-corrected chi connectivity index (χ1v) is 9.51. The van der Waals surface area contributed by atoms with E-state index in [0.717, 1.165) is 24.8 Å². The van der Waals surface area contributed by atoms with Gasteiger partial charge < -0.3 is 15.1 Å². The van der Waals surface area contributed by atoms with Gasteiger partial charge in [-0.1, -0.05) is 42.0 Å². The number of allylic oxidation sites excluding steroid dienone is 1. The molecule has 5 heteroatoms. The molecule has 0 aliphatic heterocycles. The predicted octanol–water partition coefficient (Wildman–Crippen LogP) is 3.57. The van der Waals surface area contributed by atoms with Crippen molar-refractivity contribution >= 4 is 11.9 Å². The lowest BCUT2D eigenvalue weighted by Crippen LogP contribution is -2.41. The van der Waals surface area contributed by atoms with Gasteiger partial charge in [0.15, 0.2) is 0 Å². The van der Waals surface area contributed by atoms with Gasteiger partial charge in [-0.3, -0.25) is 4.79 Å². The molecule has 0 heterocycles. The molecule has 26 heavy (non-hydrogen) atoms. The summed E-state index contributed by atoms with van der Waals surface area (Å²) in [7, 11) is 3.45. The van der Waals surface area contributed by atoms with Crippen LogP contribution in [0.15, 0.2) is 42.0 Å². The Labute approximate surface area is 157 Å². The van der Waals surface area contributed by atoms with Gasteiger partial charge in [0.1, 0.15) is 0 Å². The lowest BCUT2D eigenvalue weighted by molar-refractivity contribution is -0.128. The third-order valence-electron chi connectivity index (χ3n) is 4.71. The van der Waals surface area contributed by atoms with Crippen molar-refractivity contribution in [3.8, 4) is 0 Å². The third kappa shape index (κ3) is 6.90. The topological polar surface area (TPSA) is 52.7 Å². The molecule has 0 spiro atoms. The van der Waals surface area contributed by atoms with E-state index < -0.39 is 0 Å². The number of rotatable bonds is 8. The highest BCUT2D eigenvalue weighted by atomic mass is 16.2. The molecule has 0 saturated carbocycles. The second kappa shape index (κ2) is 10.6. The Morgan fingerprint density at radius 3 is 2.54 bits per heavy atom. The average Bonchev–Trinajstić information content (AvgIpc) is 2.66. The largest absolute Gasteiger partial charge is 0.349 e. The van der Waals surface area contributed by atoms with Crippen LogP contribution >= 0.6 is 0 Å². The first-order chi connectivity index (χ1) is 12.6. The minimum Gasteiger partial charge on any atom is -0.349 e. The maximum atomic E-state index is 12.6. The van der Waals surface area contributed by atoms with E-state index in [0.29, 0.717) is 26.1 Å². The summed E-state index contributed by atoms with van der Waals surface area (Å²) >= 11 is 0. The highest BCUT2D eigenvalue weighted by molar-refractivity contribution is 5.78. The fraction of sp³-hybridized carbons (Fsp3) is 0.524. The number of urea groups is 1. The van der Waals surface area contributed by atoms with Crippen molar-refractivity contribution in [2.45, 2.75) is 45.1 Å². The summed E-state index contributed by atoms with van der Waals surface area (Å²) in [5, 5.41) is 2.90. The van der Waals surface area contributed by atoms with Crippen LogP contribution in [0.3, 0.4) is 0 Å². The zero-order chi connectivity index (χ0) is 18.8. The van der Waals surface area contributed by atoms with E-state index >= 15 is 0 Å². The van der Waals surface area contributed by atoms with Crippen molar-refractivity contribution in [1.82, 2.24) is 15.1 Å². The molecule has 0 atom stereocenters. The summed E-state index contributed by atoms with van der Waals surface area (Å²) in [6.07, 6.45) is 8.42. The van der Waals surface area contributed by atoms with Crippen molar-refractivity contribution in [3.63, 3.8) is 0 Å². The number of hydrogen-bond acceptors (Lipinski definition) is 2. The Bertz CT molecular complexity index is 611. The van der Waals surface area contributed by atoms with Gasteiger partial charge in [0, 0.05) is 40.2 Å². The molecule has 0 radical (unpaired) electrons. The SMILES string of the molecule is CN(C)C(=O)CCNC(=O)N(CCC1=CCCCC1)Cc1ccccc1. The molecule has 1 aliphatic carbocycles. The summed E-state index contributed by atoms with van der Waals surface area (Å²) in [6, 6.07) is 9.94. The van der Waals surface area contributed by atoms with Crippen molar-refractivity contribution in [2.75, 3.05) is 27.2 Å². The maximum absolute atomic E-state index is 12.6. The van der Waals surface area contributed by atoms with Crippen LogP contribution < -0.4 is 5.32 Å². The predicted molar refractivity (Wildman–Crippen MR) is 105 cm³/mol. The van der Waals surface area contributed by atoms with Crippen LogP contribution in [0, 0.1) is 0 Å². The number of nitrogens with zero attached hydrogens (tertiary/aromatic N) is 2. The molecule has 1 aliphatic rings. The molecule has 2 rings (SSSR count). The van der Waals surface area contributed by atoms with Gasteiger partial charge in [-0.15, -0.1) is 0 Å². The molecule has 1 N–H and O–H groups in total. The van der Waals surface area contributed by atoms with Crippen molar-refractivity contribution in [2.24, 2.45) is 0 Å². The van der Waals surface area contributed by atoms with Gasteiger partial charge in [0.05, 0.1) is 0 Å². The van der Waals surface area contributed by atoms with Crippen LogP contribution in [0.1, 0.15) is 44.1 Å². The Kier molecular flexibility index (Phi) is 8.19. The van der Waals surface area contributed by atoms with Crippen LogP contribution in [0.4, 0.5) is 4.79 Å². The van der Waals surface area contributed by atoms with Crippen LogP contribution in [0.2, 0.25) is 0 Å². The standard InChI is InChI=1S/C21H31N3O2/c1-23(2)20(25)13-15-22-21(26)24(17-19-11-7-4-8-12-19)16-14-18-9-5-3-6-10-18/h4,7-9,11-12H,3,5-6,10,13-17H2,1-2H3,(H,22,26). The number of nitrogens with one attached hydrogen (secondary N) is 1. The molecular weight excluding hydrogens is 326 g/mol. The van der Waals surface area contributed by atoms with E-state index in [2.05, 4.69) is 11.4 Å². The quantitative estimate of drug-likeness (QED) is 0.723. The maximum Gasteiger partial charge on any atom is 0.317 e. The first-order valence-electron chi connectivity index (χ1n) is 9.51. The number of carbonyl (C=O) groups excluding carboxylic acids is 2. The molecule has 0 unspecified atom stereocenters. The summed E-state index contributed by atoms with van der Waals surface area (Å²) < 4.78 is 0. The number of benzene rings is 1. The van der Waals surface area contributed by atoms with Crippen molar-refractivity contribution in [1.29, 1.82) is 0 Å². The summed E-state index contributed by atoms with van der Waals surface area (Å²) in [4.78, 5) is 27.7. The van der Waals surface area contributed by atoms with Crippen molar-refractivity contribution in [3.05, 3.63) is 47.5 Å². The lowest BCUT2D eigenvalue weighted by Gasteiger charge is -2.25. The van der Waals surface area contributed by atoms with E-state index in [1.165, 1.54) is 18.4 Å². The van der Waals surface area contributed by atoms with Gasteiger partial charge >= 0.3 is 6.03 Å². The highest BCUT2D eigenvalue weighted by Crippen LogP contribution is 2.20. The van der Waals surface area contributed by atoms with E-state index in [4.69, 9.17) is 0 Å². The molecule has 1 aromatic rings. The molecule has 0 fully saturated rings. The van der Waals surface area contributed by atoms with E-state index in [1.807, 2.05) is 35.2 Å². The minimum absolute atomic E-state index is 0.0206. The second-order valence-electron chi connectivity index (χ2n) is 7.04. The molecule has 0 bridgehead atoms. The average molecular weight is 357 g/mol. The van der Waals surface area contributed by atoms with E-state index in [-0.39, 0.29) is 11.9 Å². The fourth-order valence-electron chi connectivity index (χ4n) is 3.08. The molecule has 142 valence electrons. The monoisotopic (exact) mass is 357 g/mol.